The molecular weight excluding hydrogens is 920 g/mol. The van der Waals surface area contributed by atoms with Crippen molar-refractivity contribution in [2.24, 2.45) is 21.8 Å². The lowest BCUT2D eigenvalue weighted by Crippen LogP contribution is -2.36. The highest BCUT2D eigenvalue weighted by molar-refractivity contribution is 8.18. The normalized spacial score (nSPS) is 22.8. The van der Waals surface area contributed by atoms with Crippen LogP contribution in [0, 0.1) is 23.5 Å². The Morgan fingerprint density at radius 3 is 1.50 bits per heavy atom. The van der Waals surface area contributed by atoms with Gasteiger partial charge in [-0.15, -0.1) is 0 Å². The molecule has 4 aromatic rings. The molecule has 4 aliphatic rings. The number of benzene rings is 2. The van der Waals surface area contributed by atoms with E-state index in [2.05, 4.69) is 9.97 Å². The van der Waals surface area contributed by atoms with Crippen molar-refractivity contribution in [1.29, 1.82) is 0 Å². The van der Waals surface area contributed by atoms with Gasteiger partial charge in [0.15, 0.2) is 10.3 Å². The summed E-state index contributed by atoms with van der Waals surface area (Å²) in [5.41, 5.74) is 2.74. The van der Waals surface area contributed by atoms with E-state index in [-0.39, 0.29) is 39.4 Å². The number of carbonyl (C=O) groups is 2. The zero-order chi connectivity index (χ0) is 45.0. The van der Waals surface area contributed by atoms with E-state index in [1.165, 1.54) is 30.0 Å². The third-order valence-electron chi connectivity index (χ3n) is 10.9. The van der Waals surface area contributed by atoms with Crippen LogP contribution in [-0.2, 0) is 25.4 Å². The first kappa shape index (κ1) is 45.8. The first-order valence-corrected chi connectivity index (χ1v) is 22.6. The molecule has 0 saturated carbocycles. The minimum Gasteiger partial charge on any atom is -0.477 e. The Hall–Kier alpha value is -4.18. The molecule has 0 unspecified atom stereocenters. The van der Waals surface area contributed by atoms with Gasteiger partial charge in [0.05, 0.1) is 28.7 Å². The Labute approximate surface area is 386 Å². The quantitative estimate of drug-likeness (QED) is 0.128. The Balaban J connectivity index is 0.000000187. The number of esters is 1. The molecule has 2 aromatic carbocycles. The zero-order valence-corrected chi connectivity index (χ0v) is 39.0. The third kappa shape index (κ3) is 8.22. The van der Waals surface area contributed by atoms with Crippen molar-refractivity contribution in [1.82, 2.24) is 19.8 Å². The van der Waals surface area contributed by atoms with Crippen LogP contribution in [0.1, 0.15) is 82.8 Å². The fraction of sp³-hybridized carbons (Fsp3) is 0.318. The molecule has 1 N–H and O–H groups in total. The summed E-state index contributed by atoms with van der Waals surface area (Å²) in [7, 11) is 0. The highest BCUT2D eigenvalue weighted by Gasteiger charge is 2.55. The van der Waals surface area contributed by atoms with E-state index in [1.54, 1.807) is 49.6 Å². The van der Waals surface area contributed by atoms with Crippen LogP contribution in [0.2, 0.25) is 20.4 Å². The number of ether oxygens (including phenoxy) is 1. The molecule has 0 fully saturated rings. The number of nitrogens with zero attached hydrogens (tertiary/aromatic N) is 6. The van der Waals surface area contributed by atoms with Gasteiger partial charge in [0, 0.05) is 34.9 Å². The van der Waals surface area contributed by atoms with E-state index in [0.717, 1.165) is 28.6 Å². The van der Waals surface area contributed by atoms with Crippen molar-refractivity contribution >= 4 is 92.2 Å². The molecule has 0 radical (unpaired) electrons. The Kier molecular flexibility index (Phi) is 13.1. The largest absolute Gasteiger partial charge is 0.477 e. The molecule has 62 heavy (non-hydrogen) atoms. The summed E-state index contributed by atoms with van der Waals surface area (Å²) < 4.78 is 34.2. The topological polar surface area (TPSA) is 121 Å². The van der Waals surface area contributed by atoms with Crippen LogP contribution in [0.5, 0.6) is 0 Å². The number of rotatable bonds is 9. The number of allylic oxidation sites excluding steroid dienone is 2. The highest BCUT2D eigenvalue weighted by atomic mass is 35.5. The van der Waals surface area contributed by atoms with E-state index in [4.69, 9.17) is 61.1 Å². The second kappa shape index (κ2) is 17.8. The monoisotopic (exact) mass is 958 g/mol. The molecule has 6 heterocycles. The average Bonchev–Trinajstić information content (AvgIpc) is 3.93. The number of carboxylic acid groups (broad SMARTS) is 1. The number of pyridine rings is 2. The number of hydrogen-bond donors (Lipinski definition) is 1. The lowest BCUT2D eigenvalue weighted by molar-refractivity contribution is -0.137. The predicted octanol–water partition coefficient (Wildman–Crippen LogP) is 12.2. The molecule has 324 valence electrons. The van der Waals surface area contributed by atoms with Gasteiger partial charge < -0.3 is 19.6 Å². The number of aliphatic carboxylic acids is 1. The maximum atomic E-state index is 14.5. The van der Waals surface area contributed by atoms with E-state index < -0.39 is 40.8 Å². The first-order valence-electron chi connectivity index (χ1n) is 19.5. The van der Waals surface area contributed by atoms with Gasteiger partial charge in [0.2, 0.25) is 0 Å². The fourth-order valence-electron chi connectivity index (χ4n) is 8.17. The summed E-state index contributed by atoms with van der Waals surface area (Å²) in [4.78, 5) is 47.7. The maximum absolute atomic E-state index is 14.5. The van der Waals surface area contributed by atoms with Gasteiger partial charge in [-0.05, 0) is 104 Å². The molecule has 18 heteroatoms. The molecule has 0 bridgehead atoms. The number of fused-ring (bicyclic) bond motifs is 2. The number of carboxylic acids is 1. The molecular formula is C44H40Cl4F2N6O4S2. The number of thioether (sulfide) groups is 2. The molecule has 10 nitrogen and oxygen atoms in total. The zero-order valence-electron chi connectivity index (χ0n) is 34.4. The van der Waals surface area contributed by atoms with Crippen LogP contribution in [0.3, 0.4) is 0 Å². The Morgan fingerprint density at radius 1 is 0.726 bits per heavy atom. The number of aliphatic imine (C=N–C) groups is 2. The van der Waals surface area contributed by atoms with Crippen LogP contribution < -0.4 is 0 Å². The lowest BCUT2D eigenvalue weighted by atomic mass is 9.81. The fourth-order valence-corrected chi connectivity index (χ4v) is 11.2. The number of halogens is 6. The molecule has 4 aliphatic heterocycles. The molecule has 0 spiro atoms. The maximum Gasteiger partial charge on any atom is 0.346 e. The number of hydrogen-bond acceptors (Lipinski definition) is 11. The number of aromatic nitrogens is 2. The summed E-state index contributed by atoms with van der Waals surface area (Å²) in [5.74, 6) is -2.52. The molecule has 0 amide bonds. The molecule has 4 atom stereocenters. The summed E-state index contributed by atoms with van der Waals surface area (Å²) >= 11 is 26.3. The minimum absolute atomic E-state index is 0.0000499. The van der Waals surface area contributed by atoms with Crippen molar-refractivity contribution in [3.8, 4) is 0 Å². The summed E-state index contributed by atoms with van der Waals surface area (Å²) in [5, 5.41) is 11.8. The first-order chi connectivity index (χ1) is 29.3. The van der Waals surface area contributed by atoms with E-state index in [1.807, 2.05) is 63.5 Å². The summed E-state index contributed by atoms with van der Waals surface area (Å²) in [6.07, 6.45) is 3.33. The van der Waals surface area contributed by atoms with Gasteiger partial charge in [-0.1, -0.05) is 98.4 Å². The molecule has 8 rings (SSSR count). The third-order valence-corrected chi connectivity index (χ3v) is 14.1. The lowest BCUT2D eigenvalue weighted by Gasteiger charge is -2.36. The predicted molar refractivity (Wildman–Crippen MR) is 243 cm³/mol. The van der Waals surface area contributed by atoms with E-state index >= 15 is 0 Å². The standard InChI is InChI=1S/C23H22Cl2FN3O2S.C21H18Cl2FN3O2S/c1-5-31-21(30)19-18(12(2)3)29-20(13-6-8-15(24)16(26)10-13)23(4,28-22(29)32-19)14-7-9-17(25)27-11-14;1-10(2)16-17(19(28)29)30-20-26-21(3,12-5-7-15(23)25-9-12)18(27(16)20)11-4-6-13(22)14(24)8-11/h6-12,20H,5H2,1-4H3;4-10,18H,1-3H3,(H,28,29)/t20-,23+;18-,21+/m11/s1. The van der Waals surface area contributed by atoms with E-state index in [0.29, 0.717) is 42.4 Å². The average molecular weight is 961 g/mol. The Morgan fingerprint density at radius 2 is 1.15 bits per heavy atom. The van der Waals surface area contributed by atoms with Crippen LogP contribution in [-0.4, -0.2) is 53.8 Å². The van der Waals surface area contributed by atoms with Crippen molar-refractivity contribution in [2.45, 2.75) is 71.6 Å². The highest BCUT2D eigenvalue weighted by Crippen LogP contribution is 2.58. The molecule has 0 saturated heterocycles. The van der Waals surface area contributed by atoms with Gasteiger partial charge in [0.25, 0.3) is 0 Å². The number of carbonyl (C=O) groups excluding carboxylic acids is 1. The van der Waals surface area contributed by atoms with Crippen molar-refractivity contribution in [2.75, 3.05) is 6.61 Å². The van der Waals surface area contributed by atoms with E-state index in [9.17, 15) is 23.5 Å². The SMILES string of the molecule is CC(C)C1=C(C(=O)O)SC2=N[C@@](C)(c3ccc(Cl)nc3)[C@@H](c3ccc(Cl)c(F)c3)N21.CCOC(=O)C1=C(C(C)C)N2C(=N[C@@](C)(c3ccc(Cl)nc3)[C@H]2c2ccc(Cl)c(F)c2)S1. The second-order valence-corrected chi connectivity index (χ2v) is 19.2. The van der Waals surface area contributed by atoms with Crippen molar-refractivity contribution < 1.29 is 28.2 Å². The summed E-state index contributed by atoms with van der Waals surface area (Å²) in [6.45, 7) is 13.8. The van der Waals surface area contributed by atoms with Gasteiger partial charge >= 0.3 is 11.9 Å². The minimum atomic E-state index is -1.00. The number of amidine groups is 2. The van der Waals surface area contributed by atoms with Gasteiger partial charge in [-0.2, -0.15) is 0 Å². The van der Waals surface area contributed by atoms with Gasteiger partial charge in [-0.25, -0.2) is 38.3 Å². The molecule has 2 aromatic heterocycles. The Bertz CT molecular complexity index is 2590. The van der Waals surface area contributed by atoms with Crippen molar-refractivity contribution in [3.63, 3.8) is 0 Å². The van der Waals surface area contributed by atoms with Gasteiger partial charge in [0.1, 0.15) is 42.8 Å². The van der Waals surface area contributed by atoms with Crippen LogP contribution in [0.4, 0.5) is 8.78 Å². The smallest absolute Gasteiger partial charge is 0.346 e. The van der Waals surface area contributed by atoms with Gasteiger partial charge in [-0.3, -0.25) is 0 Å². The molecule has 0 aliphatic carbocycles. The summed E-state index contributed by atoms with van der Waals surface area (Å²) in [6, 6.07) is 15.6. The van der Waals surface area contributed by atoms with Crippen molar-refractivity contribution in [3.05, 3.63) is 149 Å². The second-order valence-electron chi connectivity index (χ2n) is 15.7. The van der Waals surface area contributed by atoms with Crippen LogP contribution in [0.15, 0.2) is 104 Å². The van der Waals surface area contributed by atoms with Crippen LogP contribution >= 0.6 is 69.9 Å². The van der Waals surface area contributed by atoms with Crippen LogP contribution in [0.25, 0.3) is 0 Å².